The van der Waals surface area contributed by atoms with Crippen molar-refractivity contribution in [2.75, 3.05) is 0 Å². The van der Waals surface area contributed by atoms with E-state index in [1.54, 1.807) is 24.3 Å². The average molecular weight is 401 g/mol. The molecule has 142 valence electrons. The zero-order chi connectivity index (χ0) is 20.0. The van der Waals surface area contributed by atoms with E-state index in [2.05, 4.69) is 28.8 Å². The number of halogens is 1. The van der Waals surface area contributed by atoms with Crippen molar-refractivity contribution in [1.29, 1.82) is 0 Å². The van der Waals surface area contributed by atoms with Crippen molar-refractivity contribution in [2.45, 2.75) is 9.79 Å². The summed E-state index contributed by atoms with van der Waals surface area (Å²) in [6, 6.07) is 27.9. The second kappa shape index (κ2) is 6.57. The van der Waals surface area contributed by atoms with Crippen molar-refractivity contribution in [2.24, 2.45) is 0 Å². The van der Waals surface area contributed by atoms with Gasteiger partial charge in [-0.25, -0.2) is 12.8 Å². The third-order valence-electron chi connectivity index (χ3n) is 5.11. The van der Waals surface area contributed by atoms with Gasteiger partial charge in [0.15, 0.2) is 0 Å². The van der Waals surface area contributed by atoms with Crippen LogP contribution in [0.5, 0.6) is 0 Å². The minimum Gasteiger partial charge on any atom is -0.309 e. The highest BCUT2D eigenvalue weighted by atomic mass is 32.2. The summed E-state index contributed by atoms with van der Waals surface area (Å²) >= 11 is 0. The number of sulfone groups is 1. The molecule has 0 amide bonds. The van der Waals surface area contributed by atoms with E-state index in [0.717, 1.165) is 39.6 Å². The first kappa shape index (κ1) is 17.6. The van der Waals surface area contributed by atoms with E-state index >= 15 is 0 Å². The number of hydrogen-bond donors (Lipinski definition) is 0. The Morgan fingerprint density at radius 3 is 1.55 bits per heavy atom. The summed E-state index contributed by atoms with van der Waals surface area (Å²) in [7, 11) is -3.70. The second-order valence-corrected chi connectivity index (χ2v) is 8.77. The van der Waals surface area contributed by atoms with E-state index in [-0.39, 0.29) is 9.79 Å². The van der Waals surface area contributed by atoms with Gasteiger partial charge >= 0.3 is 0 Å². The van der Waals surface area contributed by atoms with Gasteiger partial charge in [0.1, 0.15) is 5.82 Å². The topological polar surface area (TPSA) is 39.1 Å². The van der Waals surface area contributed by atoms with Crippen LogP contribution in [0.15, 0.2) is 107 Å². The Balaban J connectivity index is 1.65. The fourth-order valence-electron chi connectivity index (χ4n) is 3.72. The summed E-state index contributed by atoms with van der Waals surface area (Å²) in [5.74, 6) is -0.467. The number of hydrogen-bond acceptors (Lipinski definition) is 2. The number of para-hydroxylation sites is 2. The molecule has 0 saturated heterocycles. The molecule has 0 saturated carbocycles. The van der Waals surface area contributed by atoms with Gasteiger partial charge in [0, 0.05) is 16.5 Å². The molecule has 0 aliphatic heterocycles. The quantitative estimate of drug-likeness (QED) is 0.361. The van der Waals surface area contributed by atoms with Gasteiger partial charge in [0.25, 0.3) is 0 Å². The van der Waals surface area contributed by atoms with Crippen LogP contribution in [-0.2, 0) is 9.84 Å². The third-order valence-corrected chi connectivity index (χ3v) is 6.89. The Morgan fingerprint density at radius 1 is 0.586 bits per heavy atom. The average Bonchev–Trinajstić information content (AvgIpc) is 3.09. The number of rotatable bonds is 3. The number of nitrogens with zero attached hydrogens (tertiary/aromatic N) is 1. The van der Waals surface area contributed by atoms with Gasteiger partial charge in [-0.05, 0) is 60.7 Å². The van der Waals surface area contributed by atoms with Crippen LogP contribution in [0.25, 0.3) is 27.5 Å². The maximum atomic E-state index is 13.1. The molecule has 0 bridgehead atoms. The lowest BCUT2D eigenvalue weighted by Crippen LogP contribution is -2.02. The normalized spacial score (nSPS) is 11.9. The molecule has 0 spiro atoms. The number of benzene rings is 4. The van der Waals surface area contributed by atoms with E-state index in [1.165, 1.54) is 12.1 Å². The fraction of sp³-hybridized carbons (Fsp3) is 0. The highest BCUT2D eigenvalue weighted by molar-refractivity contribution is 7.91. The number of aromatic nitrogens is 1. The Morgan fingerprint density at radius 2 is 1.03 bits per heavy atom. The molecule has 0 atom stereocenters. The summed E-state index contributed by atoms with van der Waals surface area (Å²) in [6.07, 6.45) is 0. The van der Waals surface area contributed by atoms with Crippen LogP contribution in [0.4, 0.5) is 4.39 Å². The van der Waals surface area contributed by atoms with Crippen LogP contribution in [0, 0.1) is 5.82 Å². The smallest absolute Gasteiger partial charge is 0.206 e. The van der Waals surface area contributed by atoms with E-state index in [0.29, 0.717) is 0 Å². The molecule has 0 radical (unpaired) electrons. The van der Waals surface area contributed by atoms with Crippen LogP contribution >= 0.6 is 0 Å². The largest absolute Gasteiger partial charge is 0.309 e. The van der Waals surface area contributed by atoms with Gasteiger partial charge in [-0.2, -0.15) is 0 Å². The SMILES string of the molecule is O=S(=O)(c1ccc(F)cc1)c1ccc(-n2c3ccccc3c3ccccc32)cc1. The molecule has 0 aliphatic rings. The van der Waals surface area contributed by atoms with Crippen LogP contribution in [-0.4, -0.2) is 13.0 Å². The lowest BCUT2D eigenvalue weighted by atomic mass is 10.2. The Bertz CT molecular complexity index is 1400. The maximum Gasteiger partial charge on any atom is 0.206 e. The molecule has 5 rings (SSSR count). The van der Waals surface area contributed by atoms with Crippen LogP contribution in [0.3, 0.4) is 0 Å². The number of fused-ring (bicyclic) bond motifs is 3. The lowest BCUT2D eigenvalue weighted by Gasteiger charge is -2.10. The Kier molecular flexibility index (Phi) is 4.00. The molecule has 1 aromatic heterocycles. The molecule has 0 aliphatic carbocycles. The molecule has 5 heteroatoms. The van der Waals surface area contributed by atoms with Gasteiger partial charge in [-0.15, -0.1) is 0 Å². The Hall–Kier alpha value is -3.44. The van der Waals surface area contributed by atoms with E-state index in [4.69, 9.17) is 0 Å². The van der Waals surface area contributed by atoms with E-state index < -0.39 is 15.7 Å². The highest BCUT2D eigenvalue weighted by Gasteiger charge is 2.18. The van der Waals surface area contributed by atoms with Crippen LogP contribution in [0.1, 0.15) is 0 Å². The molecule has 29 heavy (non-hydrogen) atoms. The summed E-state index contributed by atoms with van der Waals surface area (Å²) in [4.78, 5) is 0.247. The lowest BCUT2D eigenvalue weighted by molar-refractivity contribution is 0.595. The van der Waals surface area contributed by atoms with Gasteiger partial charge < -0.3 is 4.57 Å². The first-order chi connectivity index (χ1) is 14.1. The summed E-state index contributed by atoms with van der Waals surface area (Å²) < 4.78 is 40.9. The van der Waals surface area contributed by atoms with Gasteiger partial charge in [-0.1, -0.05) is 36.4 Å². The van der Waals surface area contributed by atoms with Crippen molar-refractivity contribution >= 4 is 31.6 Å². The molecule has 3 nitrogen and oxygen atoms in total. The molecular weight excluding hydrogens is 385 g/mol. The van der Waals surface area contributed by atoms with Crippen molar-refractivity contribution in [1.82, 2.24) is 4.57 Å². The first-order valence-electron chi connectivity index (χ1n) is 9.15. The van der Waals surface area contributed by atoms with Crippen molar-refractivity contribution in [3.05, 3.63) is 103 Å². The molecule has 0 fully saturated rings. The van der Waals surface area contributed by atoms with E-state index in [1.807, 2.05) is 24.3 Å². The monoisotopic (exact) mass is 401 g/mol. The highest BCUT2D eigenvalue weighted by Crippen LogP contribution is 2.32. The predicted octanol–water partition coefficient (Wildman–Crippen LogP) is 5.76. The molecule has 0 N–H and O–H groups in total. The molecule has 4 aromatic carbocycles. The summed E-state index contributed by atoms with van der Waals surface area (Å²) in [6.45, 7) is 0. The zero-order valence-electron chi connectivity index (χ0n) is 15.3. The molecule has 5 aromatic rings. The second-order valence-electron chi connectivity index (χ2n) is 6.82. The Labute approximate surface area is 167 Å². The van der Waals surface area contributed by atoms with Gasteiger partial charge in [-0.3, -0.25) is 0 Å². The minimum atomic E-state index is -3.70. The molecule has 1 heterocycles. The van der Waals surface area contributed by atoms with E-state index in [9.17, 15) is 12.8 Å². The van der Waals surface area contributed by atoms with Crippen LogP contribution in [0.2, 0.25) is 0 Å². The summed E-state index contributed by atoms with van der Waals surface area (Å²) in [5.41, 5.74) is 2.99. The van der Waals surface area contributed by atoms with Crippen molar-refractivity contribution in [3.63, 3.8) is 0 Å². The molecule has 0 unspecified atom stereocenters. The predicted molar refractivity (Wildman–Crippen MR) is 113 cm³/mol. The summed E-state index contributed by atoms with van der Waals surface area (Å²) in [5, 5.41) is 2.29. The fourth-order valence-corrected chi connectivity index (χ4v) is 4.99. The maximum absolute atomic E-state index is 13.1. The third kappa shape index (κ3) is 2.82. The minimum absolute atomic E-state index is 0.0727. The van der Waals surface area contributed by atoms with Crippen LogP contribution < -0.4 is 0 Å². The molecular formula is C24H16FNO2S. The van der Waals surface area contributed by atoms with Crippen molar-refractivity contribution < 1.29 is 12.8 Å². The zero-order valence-corrected chi connectivity index (χ0v) is 16.1. The van der Waals surface area contributed by atoms with Gasteiger partial charge in [0.05, 0.1) is 20.8 Å². The first-order valence-corrected chi connectivity index (χ1v) is 10.6. The van der Waals surface area contributed by atoms with Crippen molar-refractivity contribution in [3.8, 4) is 5.69 Å². The standard InChI is InChI=1S/C24H16FNO2S/c25-17-9-13-19(14-10-17)29(27,28)20-15-11-18(12-16-20)26-23-7-3-1-5-21(23)22-6-2-4-8-24(22)26/h1-16H. The van der Waals surface area contributed by atoms with Gasteiger partial charge in [0.2, 0.25) is 9.84 Å².